The highest BCUT2D eigenvalue weighted by Gasteiger charge is 2.31. The first-order valence-electron chi connectivity index (χ1n) is 10.8. The van der Waals surface area contributed by atoms with Crippen molar-refractivity contribution >= 4 is 28.0 Å². The van der Waals surface area contributed by atoms with E-state index in [-0.39, 0.29) is 5.41 Å². The number of para-hydroxylation sites is 2. The molecule has 1 aromatic heterocycles. The number of anilines is 3. The zero-order valence-electron chi connectivity index (χ0n) is 19.1. The van der Waals surface area contributed by atoms with Gasteiger partial charge in [0.25, 0.3) is 0 Å². The Balaban J connectivity index is 1.81. The quantitative estimate of drug-likeness (QED) is 0.281. The predicted molar refractivity (Wildman–Crippen MR) is 129 cm³/mol. The molecule has 1 aliphatic heterocycles. The number of aromatic nitrogens is 1. The van der Waals surface area contributed by atoms with Crippen LogP contribution in [0.1, 0.15) is 43.0 Å². The molecule has 0 spiro atoms. The number of rotatable bonds is 1. The van der Waals surface area contributed by atoms with Crippen molar-refractivity contribution in [3.63, 3.8) is 0 Å². The summed E-state index contributed by atoms with van der Waals surface area (Å²) in [6.07, 6.45) is 1.95. The first-order chi connectivity index (χ1) is 14.7. The van der Waals surface area contributed by atoms with E-state index < -0.39 is 0 Å². The minimum atomic E-state index is 0.0981. The molecule has 2 heterocycles. The van der Waals surface area contributed by atoms with Crippen LogP contribution >= 0.6 is 0 Å². The first-order valence-corrected chi connectivity index (χ1v) is 10.8. The van der Waals surface area contributed by atoms with Gasteiger partial charge in [0.1, 0.15) is 0 Å². The van der Waals surface area contributed by atoms with E-state index in [4.69, 9.17) is 9.72 Å². The minimum absolute atomic E-state index is 0.0981. The third kappa shape index (κ3) is 3.16. The second-order valence-electron chi connectivity index (χ2n) is 9.62. The van der Waals surface area contributed by atoms with Crippen LogP contribution in [0.5, 0.6) is 11.5 Å². The molecule has 4 aromatic rings. The lowest BCUT2D eigenvalue weighted by atomic mass is 9.84. The fourth-order valence-corrected chi connectivity index (χ4v) is 4.47. The number of aryl methyl sites for hydroxylation is 3. The van der Waals surface area contributed by atoms with Gasteiger partial charge in [0.2, 0.25) is 0 Å². The van der Waals surface area contributed by atoms with Crippen molar-refractivity contribution in [1.29, 1.82) is 0 Å². The molecule has 1 aliphatic rings. The molecule has 0 atom stereocenters. The van der Waals surface area contributed by atoms with Gasteiger partial charge < -0.3 is 4.74 Å². The van der Waals surface area contributed by atoms with Crippen molar-refractivity contribution in [3.05, 3.63) is 83.0 Å². The van der Waals surface area contributed by atoms with Crippen LogP contribution < -0.4 is 9.64 Å². The topological polar surface area (TPSA) is 25.4 Å². The van der Waals surface area contributed by atoms with Gasteiger partial charge in [0, 0.05) is 17.0 Å². The molecule has 156 valence electrons. The largest absolute Gasteiger partial charge is 0.451 e. The first kappa shape index (κ1) is 19.6. The van der Waals surface area contributed by atoms with Crippen molar-refractivity contribution in [2.45, 2.75) is 47.0 Å². The smallest absolute Gasteiger partial charge is 0.182 e. The Kier molecular flexibility index (Phi) is 4.33. The SMILES string of the molecule is Cc1ccc2cnc3c(c2c1)Oc1ccccc1N3c1c(C)cc(C(C)(C)C)cc1C. The molecule has 0 fully saturated rings. The Bertz CT molecular complexity index is 1310. The fraction of sp³-hybridized carbons (Fsp3) is 0.250. The van der Waals surface area contributed by atoms with Gasteiger partial charge >= 0.3 is 0 Å². The maximum Gasteiger partial charge on any atom is 0.182 e. The van der Waals surface area contributed by atoms with Crippen LogP contribution in [0.3, 0.4) is 0 Å². The number of hydrogen-bond donors (Lipinski definition) is 0. The van der Waals surface area contributed by atoms with E-state index in [0.29, 0.717) is 0 Å². The van der Waals surface area contributed by atoms with E-state index in [1.165, 1.54) is 27.9 Å². The Morgan fingerprint density at radius 2 is 1.58 bits per heavy atom. The van der Waals surface area contributed by atoms with Crippen molar-refractivity contribution in [2.75, 3.05) is 4.90 Å². The van der Waals surface area contributed by atoms with Crippen LogP contribution in [0, 0.1) is 20.8 Å². The van der Waals surface area contributed by atoms with E-state index in [1.807, 2.05) is 18.3 Å². The Morgan fingerprint density at radius 1 is 0.871 bits per heavy atom. The van der Waals surface area contributed by atoms with Crippen LogP contribution in [0.2, 0.25) is 0 Å². The molecule has 0 N–H and O–H groups in total. The fourth-order valence-electron chi connectivity index (χ4n) is 4.47. The Labute approximate surface area is 184 Å². The molecule has 0 radical (unpaired) electrons. The molecule has 0 unspecified atom stereocenters. The van der Waals surface area contributed by atoms with Gasteiger partial charge in [-0.2, -0.15) is 0 Å². The number of benzene rings is 3. The third-order valence-corrected chi connectivity index (χ3v) is 6.09. The van der Waals surface area contributed by atoms with Gasteiger partial charge in [-0.05, 0) is 61.1 Å². The van der Waals surface area contributed by atoms with Gasteiger partial charge in [-0.15, -0.1) is 0 Å². The van der Waals surface area contributed by atoms with Crippen LogP contribution in [0.4, 0.5) is 17.2 Å². The predicted octanol–water partition coefficient (Wildman–Crippen LogP) is 8.03. The second-order valence-corrected chi connectivity index (χ2v) is 9.62. The summed E-state index contributed by atoms with van der Waals surface area (Å²) in [6, 6.07) is 19.3. The van der Waals surface area contributed by atoms with Crippen LogP contribution in [0.15, 0.2) is 60.8 Å². The Hall–Kier alpha value is -3.33. The average molecular weight is 409 g/mol. The maximum absolute atomic E-state index is 6.45. The number of pyridine rings is 1. The van der Waals surface area contributed by atoms with Gasteiger partial charge in [-0.3, -0.25) is 4.90 Å². The maximum atomic E-state index is 6.45. The van der Waals surface area contributed by atoms with E-state index in [2.05, 4.69) is 88.9 Å². The lowest BCUT2D eigenvalue weighted by Gasteiger charge is -2.35. The molecule has 31 heavy (non-hydrogen) atoms. The summed E-state index contributed by atoms with van der Waals surface area (Å²) in [7, 11) is 0. The highest BCUT2D eigenvalue weighted by atomic mass is 16.5. The molecule has 0 bridgehead atoms. The summed E-state index contributed by atoms with van der Waals surface area (Å²) in [6.45, 7) is 13.3. The third-order valence-electron chi connectivity index (χ3n) is 6.09. The van der Waals surface area contributed by atoms with E-state index in [0.717, 1.165) is 33.8 Å². The van der Waals surface area contributed by atoms with Crippen LogP contribution in [-0.4, -0.2) is 4.98 Å². The molecule has 3 nitrogen and oxygen atoms in total. The summed E-state index contributed by atoms with van der Waals surface area (Å²) in [4.78, 5) is 7.16. The second kappa shape index (κ2) is 6.84. The van der Waals surface area contributed by atoms with E-state index in [1.54, 1.807) is 0 Å². The van der Waals surface area contributed by atoms with Crippen molar-refractivity contribution in [1.82, 2.24) is 4.98 Å². The van der Waals surface area contributed by atoms with Crippen molar-refractivity contribution in [3.8, 4) is 11.5 Å². The van der Waals surface area contributed by atoms with E-state index >= 15 is 0 Å². The summed E-state index contributed by atoms with van der Waals surface area (Å²) in [5.74, 6) is 2.51. The summed E-state index contributed by atoms with van der Waals surface area (Å²) in [5, 5.41) is 2.17. The number of fused-ring (bicyclic) bond motifs is 4. The average Bonchev–Trinajstić information content (AvgIpc) is 2.72. The monoisotopic (exact) mass is 408 g/mol. The van der Waals surface area contributed by atoms with Gasteiger partial charge in [0.15, 0.2) is 17.3 Å². The molecule has 5 rings (SSSR count). The standard InChI is InChI=1S/C28H28N2O/c1-17-11-12-20-16-29-27-26(22(20)13-17)31-24-10-8-7-9-23(24)30(27)25-18(2)14-21(15-19(25)3)28(4,5)6/h7-16H,1-6H3. The zero-order chi connectivity index (χ0) is 21.9. The number of hydrogen-bond acceptors (Lipinski definition) is 3. The van der Waals surface area contributed by atoms with E-state index in [9.17, 15) is 0 Å². The molecule has 3 heteroatoms. The number of ether oxygens (including phenoxy) is 1. The minimum Gasteiger partial charge on any atom is -0.451 e. The molecule has 0 saturated carbocycles. The lowest BCUT2D eigenvalue weighted by molar-refractivity contribution is 0.480. The zero-order valence-corrected chi connectivity index (χ0v) is 19.1. The normalized spacial score (nSPS) is 13.0. The molecule has 0 amide bonds. The van der Waals surface area contributed by atoms with Crippen LogP contribution in [0.25, 0.3) is 10.8 Å². The molecule has 0 saturated heterocycles. The molecule has 3 aromatic carbocycles. The van der Waals surface area contributed by atoms with Crippen molar-refractivity contribution < 1.29 is 4.74 Å². The number of nitrogens with zero attached hydrogens (tertiary/aromatic N) is 2. The Morgan fingerprint density at radius 3 is 2.29 bits per heavy atom. The van der Waals surface area contributed by atoms with Crippen LogP contribution in [-0.2, 0) is 5.41 Å². The molecular weight excluding hydrogens is 380 g/mol. The summed E-state index contributed by atoms with van der Waals surface area (Å²) < 4.78 is 6.45. The van der Waals surface area contributed by atoms with Gasteiger partial charge in [-0.25, -0.2) is 4.98 Å². The summed E-state index contributed by atoms with van der Waals surface area (Å²) >= 11 is 0. The highest BCUT2D eigenvalue weighted by molar-refractivity contribution is 5.98. The molecule has 0 aliphatic carbocycles. The van der Waals surface area contributed by atoms with Gasteiger partial charge in [0.05, 0.1) is 11.4 Å². The van der Waals surface area contributed by atoms with Gasteiger partial charge in [-0.1, -0.05) is 62.7 Å². The molecular formula is C28H28N2O. The highest BCUT2D eigenvalue weighted by Crippen LogP contribution is 2.53. The summed E-state index contributed by atoms with van der Waals surface area (Å²) in [5.41, 5.74) is 7.30. The lowest BCUT2D eigenvalue weighted by Crippen LogP contribution is -2.20. The van der Waals surface area contributed by atoms with Crippen molar-refractivity contribution in [2.24, 2.45) is 0 Å².